The van der Waals surface area contributed by atoms with Crippen molar-refractivity contribution in [3.05, 3.63) is 71.8 Å². The SMILES string of the molecule is NC(=O)c1cc2c3ccccc3n(N)c2nc1NCc1ccccc1. The molecule has 6 nitrogen and oxygen atoms in total. The number of carbonyl (C=O) groups is 1. The van der Waals surface area contributed by atoms with Crippen LogP contribution in [-0.2, 0) is 6.54 Å². The van der Waals surface area contributed by atoms with Crippen LogP contribution in [0.1, 0.15) is 15.9 Å². The molecule has 2 aromatic carbocycles. The predicted molar refractivity (Wildman–Crippen MR) is 99.7 cm³/mol. The summed E-state index contributed by atoms with van der Waals surface area (Å²) in [6.45, 7) is 0.532. The molecule has 6 heteroatoms. The van der Waals surface area contributed by atoms with Crippen molar-refractivity contribution in [3.8, 4) is 0 Å². The minimum atomic E-state index is -0.529. The van der Waals surface area contributed by atoms with E-state index in [-0.39, 0.29) is 0 Å². The summed E-state index contributed by atoms with van der Waals surface area (Å²) >= 11 is 0. The van der Waals surface area contributed by atoms with Crippen molar-refractivity contribution < 1.29 is 4.79 Å². The lowest BCUT2D eigenvalue weighted by Gasteiger charge is -2.10. The van der Waals surface area contributed by atoms with E-state index in [0.29, 0.717) is 23.6 Å². The number of nitrogen functional groups attached to an aromatic ring is 1. The summed E-state index contributed by atoms with van der Waals surface area (Å²) in [7, 11) is 0. The summed E-state index contributed by atoms with van der Waals surface area (Å²) in [4.78, 5) is 16.5. The zero-order valence-corrected chi connectivity index (χ0v) is 13.4. The highest BCUT2D eigenvalue weighted by molar-refractivity contribution is 6.10. The number of para-hydroxylation sites is 1. The van der Waals surface area contributed by atoms with Gasteiger partial charge in [0.25, 0.3) is 5.91 Å². The van der Waals surface area contributed by atoms with Crippen LogP contribution >= 0.6 is 0 Å². The maximum atomic E-state index is 11.9. The first-order chi connectivity index (χ1) is 12.1. The van der Waals surface area contributed by atoms with Gasteiger partial charge in [0.2, 0.25) is 0 Å². The van der Waals surface area contributed by atoms with Crippen LogP contribution in [0.25, 0.3) is 21.9 Å². The monoisotopic (exact) mass is 331 g/mol. The molecule has 5 N–H and O–H groups in total. The van der Waals surface area contributed by atoms with E-state index in [9.17, 15) is 4.79 Å². The third-order valence-corrected chi connectivity index (χ3v) is 4.25. The van der Waals surface area contributed by atoms with Crippen LogP contribution in [-0.4, -0.2) is 15.6 Å². The fourth-order valence-corrected chi connectivity index (χ4v) is 3.02. The van der Waals surface area contributed by atoms with Crippen LogP contribution < -0.4 is 16.9 Å². The highest BCUT2D eigenvalue weighted by Crippen LogP contribution is 2.29. The first-order valence-corrected chi connectivity index (χ1v) is 7.92. The van der Waals surface area contributed by atoms with Crippen molar-refractivity contribution in [2.24, 2.45) is 5.73 Å². The Balaban J connectivity index is 1.85. The number of nitrogens with two attached hydrogens (primary N) is 2. The van der Waals surface area contributed by atoms with Crippen LogP contribution in [0.5, 0.6) is 0 Å². The number of aromatic nitrogens is 2. The summed E-state index contributed by atoms with van der Waals surface area (Å²) in [6.07, 6.45) is 0. The quantitative estimate of drug-likeness (QED) is 0.501. The third-order valence-electron chi connectivity index (χ3n) is 4.25. The van der Waals surface area contributed by atoms with Crippen LogP contribution in [0.4, 0.5) is 5.82 Å². The van der Waals surface area contributed by atoms with Gasteiger partial charge >= 0.3 is 0 Å². The molecule has 0 spiro atoms. The molecule has 25 heavy (non-hydrogen) atoms. The van der Waals surface area contributed by atoms with E-state index in [1.165, 1.54) is 4.68 Å². The number of pyridine rings is 1. The van der Waals surface area contributed by atoms with Crippen molar-refractivity contribution in [1.82, 2.24) is 9.66 Å². The van der Waals surface area contributed by atoms with Crippen LogP contribution in [0.2, 0.25) is 0 Å². The van der Waals surface area contributed by atoms with Gasteiger partial charge in [-0.25, -0.2) is 9.66 Å². The molecule has 0 fully saturated rings. The summed E-state index contributed by atoms with van der Waals surface area (Å²) in [5, 5.41) is 4.93. The van der Waals surface area contributed by atoms with E-state index in [1.54, 1.807) is 6.07 Å². The van der Waals surface area contributed by atoms with Gasteiger partial charge in [-0.3, -0.25) is 4.79 Å². The van der Waals surface area contributed by atoms with Crippen LogP contribution in [0.15, 0.2) is 60.7 Å². The van der Waals surface area contributed by atoms with Crippen molar-refractivity contribution in [2.75, 3.05) is 11.2 Å². The number of nitrogens with one attached hydrogen (secondary N) is 1. The first kappa shape index (κ1) is 15.0. The molecule has 0 aliphatic rings. The predicted octanol–water partition coefficient (Wildman–Crippen LogP) is 2.61. The zero-order valence-electron chi connectivity index (χ0n) is 13.4. The maximum Gasteiger partial charge on any atom is 0.252 e. The highest BCUT2D eigenvalue weighted by atomic mass is 16.1. The molecule has 1 amide bonds. The summed E-state index contributed by atoms with van der Waals surface area (Å²) in [5.74, 6) is 6.09. The molecule has 0 radical (unpaired) electrons. The summed E-state index contributed by atoms with van der Waals surface area (Å²) in [6, 6.07) is 19.3. The first-order valence-electron chi connectivity index (χ1n) is 7.92. The minimum Gasteiger partial charge on any atom is -0.365 e. The Morgan fingerprint density at radius 3 is 2.52 bits per heavy atom. The number of benzene rings is 2. The van der Waals surface area contributed by atoms with Gasteiger partial charge < -0.3 is 16.9 Å². The Hall–Kier alpha value is -3.54. The second-order valence-electron chi connectivity index (χ2n) is 5.85. The molecule has 124 valence electrons. The Morgan fingerprint density at radius 1 is 1.04 bits per heavy atom. The molecule has 0 saturated heterocycles. The minimum absolute atomic E-state index is 0.347. The van der Waals surface area contributed by atoms with Crippen LogP contribution in [0, 0.1) is 0 Å². The summed E-state index contributed by atoms with van der Waals surface area (Å²) in [5.41, 5.74) is 8.44. The lowest BCUT2D eigenvalue weighted by Crippen LogP contribution is -2.16. The van der Waals surface area contributed by atoms with Crippen LogP contribution in [0.3, 0.4) is 0 Å². The average molecular weight is 331 g/mol. The highest BCUT2D eigenvalue weighted by Gasteiger charge is 2.17. The second kappa shape index (κ2) is 5.83. The Morgan fingerprint density at radius 2 is 1.76 bits per heavy atom. The maximum absolute atomic E-state index is 11.9. The topological polar surface area (TPSA) is 99.0 Å². The average Bonchev–Trinajstić information content (AvgIpc) is 2.92. The van der Waals surface area contributed by atoms with Gasteiger partial charge in [0.05, 0.1) is 11.1 Å². The number of rotatable bonds is 4. The molecule has 0 saturated carbocycles. The van der Waals surface area contributed by atoms with Gasteiger partial charge in [-0.2, -0.15) is 0 Å². The van der Waals surface area contributed by atoms with Crippen molar-refractivity contribution in [3.63, 3.8) is 0 Å². The van der Waals surface area contributed by atoms with E-state index in [2.05, 4.69) is 10.3 Å². The molecule has 0 bridgehead atoms. The number of hydrogen-bond acceptors (Lipinski definition) is 4. The molecule has 2 heterocycles. The van der Waals surface area contributed by atoms with Crippen molar-refractivity contribution in [1.29, 1.82) is 0 Å². The van der Waals surface area contributed by atoms with E-state index in [0.717, 1.165) is 21.9 Å². The molecular weight excluding hydrogens is 314 g/mol. The fraction of sp³-hybridized carbons (Fsp3) is 0.0526. The lowest BCUT2D eigenvalue weighted by atomic mass is 10.1. The molecule has 0 atom stereocenters. The Kier molecular flexibility index (Phi) is 3.50. The second-order valence-corrected chi connectivity index (χ2v) is 5.85. The van der Waals surface area contributed by atoms with Gasteiger partial charge in [-0.05, 0) is 17.7 Å². The van der Waals surface area contributed by atoms with E-state index in [4.69, 9.17) is 11.6 Å². The number of primary amides is 1. The van der Waals surface area contributed by atoms with Gasteiger partial charge in [-0.15, -0.1) is 0 Å². The molecule has 0 aliphatic carbocycles. The van der Waals surface area contributed by atoms with Gasteiger partial charge in [0.15, 0.2) is 5.65 Å². The molecule has 2 aromatic heterocycles. The number of amides is 1. The number of nitrogens with zero attached hydrogens (tertiary/aromatic N) is 2. The molecule has 0 unspecified atom stereocenters. The fourth-order valence-electron chi connectivity index (χ4n) is 3.02. The molecule has 4 rings (SSSR count). The normalized spacial score (nSPS) is 11.0. The molecule has 0 aliphatic heterocycles. The zero-order chi connectivity index (χ0) is 17.4. The van der Waals surface area contributed by atoms with E-state index in [1.807, 2.05) is 54.6 Å². The number of carbonyl (C=O) groups excluding carboxylic acids is 1. The summed E-state index contributed by atoms with van der Waals surface area (Å²) < 4.78 is 1.53. The Labute approximate surface area is 144 Å². The number of fused-ring (bicyclic) bond motifs is 3. The molecule has 4 aromatic rings. The molecular formula is C19H17N5O. The van der Waals surface area contributed by atoms with Gasteiger partial charge in [-0.1, -0.05) is 48.5 Å². The number of hydrogen-bond donors (Lipinski definition) is 3. The smallest absolute Gasteiger partial charge is 0.252 e. The lowest BCUT2D eigenvalue weighted by molar-refractivity contribution is 0.100. The van der Waals surface area contributed by atoms with Gasteiger partial charge in [0, 0.05) is 17.3 Å². The number of anilines is 1. The van der Waals surface area contributed by atoms with Gasteiger partial charge in [0.1, 0.15) is 5.82 Å². The van der Waals surface area contributed by atoms with Crippen molar-refractivity contribution in [2.45, 2.75) is 6.54 Å². The van der Waals surface area contributed by atoms with E-state index < -0.39 is 5.91 Å². The van der Waals surface area contributed by atoms with Crippen molar-refractivity contribution >= 4 is 33.7 Å². The Bertz CT molecular complexity index is 1090. The van der Waals surface area contributed by atoms with E-state index >= 15 is 0 Å². The standard InChI is InChI=1S/C19H17N5O/c20-17(25)15-10-14-13-8-4-5-9-16(13)24(21)19(14)23-18(15)22-11-12-6-2-1-3-7-12/h1-10H,11,21H2,(H2,20,25)(H,22,23). The largest absolute Gasteiger partial charge is 0.365 e. The third kappa shape index (κ3) is 2.53.